The zero-order valence-electron chi connectivity index (χ0n) is 9.70. The van der Waals surface area contributed by atoms with Crippen molar-refractivity contribution in [3.8, 4) is 5.75 Å². The first-order chi connectivity index (χ1) is 8.70. The number of hydrogen-bond acceptors (Lipinski definition) is 2. The summed E-state index contributed by atoms with van der Waals surface area (Å²) >= 11 is 0. The van der Waals surface area contributed by atoms with E-state index in [9.17, 15) is 8.78 Å². The van der Waals surface area contributed by atoms with E-state index >= 15 is 0 Å². The number of ether oxygens (including phenoxy) is 1. The van der Waals surface area contributed by atoms with E-state index in [0.29, 0.717) is 11.1 Å². The highest BCUT2D eigenvalue weighted by Gasteiger charge is 2.06. The topological polar surface area (TPSA) is 35.2 Å². The molecule has 94 valence electrons. The molecule has 0 amide bonds. The molecule has 0 aliphatic carbocycles. The number of rotatable bonds is 4. The Balaban J connectivity index is 2.09. The van der Waals surface area contributed by atoms with Crippen LogP contribution < -0.4 is 10.5 Å². The Morgan fingerprint density at radius 1 is 1.00 bits per heavy atom. The Hall–Kier alpha value is -1.94. The maximum absolute atomic E-state index is 13.6. The van der Waals surface area contributed by atoms with E-state index in [0.717, 1.165) is 0 Å². The van der Waals surface area contributed by atoms with Crippen LogP contribution in [-0.4, -0.2) is 0 Å². The number of halogens is 2. The Morgan fingerprint density at radius 3 is 2.44 bits per heavy atom. The van der Waals surface area contributed by atoms with Crippen LogP contribution in [0.2, 0.25) is 0 Å². The molecule has 0 spiro atoms. The second kappa shape index (κ2) is 5.60. The van der Waals surface area contributed by atoms with E-state index < -0.39 is 11.6 Å². The Morgan fingerprint density at radius 2 is 1.78 bits per heavy atom. The fraction of sp³-hybridized carbons (Fsp3) is 0.143. The van der Waals surface area contributed by atoms with Crippen LogP contribution in [0.5, 0.6) is 5.75 Å². The minimum Gasteiger partial charge on any atom is -0.486 e. The van der Waals surface area contributed by atoms with Gasteiger partial charge in [0.15, 0.2) is 11.6 Å². The number of para-hydroxylation sites is 1. The lowest BCUT2D eigenvalue weighted by molar-refractivity contribution is 0.284. The Bertz CT molecular complexity index is 543. The monoisotopic (exact) mass is 249 g/mol. The molecule has 0 heterocycles. The minimum absolute atomic E-state index is 0.0163. The normalized spacial score (nSPS) is 10.4. The van der Waals surface area contributed by atoms with Gasteiger partial charge in [0.1, 0.15) is 12.4 Å². The molecule has 0 aliphatic heterocycles. The summed E-state index contributed by atoms with van der Waals surface area (Å²) in [6.07, 6.45) is 0. The van der Waals surface area contributed by atoms with Gasteiger partial charge in [-0.3, -0.25) is 0 Å². The average molecular weight is 249 g/mol. The van der Waals surface area contributed by atoms with Gasteiger partial charge in [0.05, 0.1) is 0 Å². The fourth-order valence-electron chi connectivity index (χ4n) is 1.55. The van der Waals surface area contributed by atoms with Gasteiger partial charge >= 0.3 is 0 Å². The molecule has 2 rings (SSSR count). The van der Waals surface area contributed by atoms with E-state index in [1.807, 2.05) is 0 Å². The van der Waals surface area contributed by atoms with Crippen molar-refractivity contribution in [1.29, 1.82) is 0 Å². The molecule has 2 aromatic rings. The molecule has 0 saturated heterocycles. The molecule has 0 saturated carbocycles. The van der Waals surface area contributed by atoms with Crippen LogP contribution in [0.1, 0.15) is 11.1 Å². The van der Waals surface area contributed by atoms with Crippen molar-refractivity contribution in [1.82, 2.24) is 0 Å². The summed E-state index contributed by atoms with van der Waals surface area (Å²) in [5.41, 5.74) is 6.49. The molecule has 2 aromatic carbocycles. The van der Waals surface area contributed by atoms with Crippen molar-refractivity contribution in [2.24, 2.45) is 5.73 Å². The van der Waals surface area contributed by atoms with Crippen molar-refractivity contribution in [3.63, 3.8) is 0 Å². The van der Waals surface area contributed by atoms with Crippen LogP contribution >= 0.6 is 0 Å². The van der Waals surface area contributed by atoms with Gasteiger partial charge in [0.25, 0.3) is 0 Å². The second-order valence-electron chi connectivity index (χ2n) is 3.85. The van der Waals surface area contributed by atoms with Gasteiger partial charge in [-0.2, -0.15) is 0 Å². The van der Waals surface area contributed by atoms with Gasteiger partial charge in [0.2, 0.25) is 0 Å². The van der Waals surface area contributed by atoms with Gasteiger partial charge in [-0.1, -0.05) is 24.3 Å². The van der Waals surface area contributed by atoms with Gasteiger partial charge in [-0.05, 0) is 23.8 Å². The lowest BCUT2D eigenvalue weighted by Gasteiger charge is -2.08. The van der Waals surface area contributed by atoms with E-state index in [2.05, 4.69) is 0 Å². The van der Waals surface area contributed by atoms with Gasteiger partial charge < -0.3 is 10.5 Å². The second-order valence-corrected chi connectivity index (χ2v) is 3.85. The highest BCUT2D eigenvalue weighted by Crippen LogP contribution is 2.18. The van der Waals surface area contributed by atoms with Crippen LogP contribution in [0.25, 0.3) is 0 Å². The first kappa shape index (κ1) is 12.5. The maximum atomic E-state index is 13.6. The summed E-state index contributed by atoms with van der Waals surface area (Å²) in [7, 11) is 0. The Labute approximate surface area is 104 Å². The van der Waals surface area contributed by atoms with Crippen LogP contribution in [0, 0.1) is 11.6 Å². The molecule has 0 atom stereocenters. The van der Waals surface area contributed by atoms with Crippen LogP contribution in [0.15, 0.2) is 42.5 Å². The molecule has 2 nitrogen and oxygen atoms in total. The van der Waals surface area contributed by atoms with Crippen molar-refractivity contribution >= 4 is 0 Å². The summed E-state index contributed by atoms with van der Waals surface area (Å²) in [6.45, 7) is 0.267. The third-order valence-corrected chi connectivity index (χ3v) is 2.57. The predicted octanol–water partition coefficient (Wildman–Crippen LogP) is 3.00. The summed E-state index contributed by atoms with van der Waals surface area (Å²) in [5.74, 6) is -0.745. The first-order valence-corrected chi connectivity index (χ1v) is 5.55. The van der Waals surface area contributed by atoms with Crippen molar-refractivity contribution < 1.29 is 13.5 Å². The van der Waals surface area contributed by atoms with Gasteiger partial charge in [-0.15, -0.1) is 0 Å². The number of hydrogen-bond donors (Lipinski definition) is 1. The molecule has 0 radical (unpaired) electrons. The molecule has 0 bridgehead atoms. The summed E-state index contributed by atoms with van der Waals surface area (Å²) in [6, 6.07) is 10.7. The predicted molar refractivity (Wildman–Crippen MR) is 65.0 cm³/mol. The molecule has 2 N–H and O–H groups in total. The molecule has 18 heavy (non-hydrogen) atoms. The zero-order chi connectivity index (χ0) is 13.0. The standard InChI is InChI=1S/C14H13F2NO/c15-12-3-1-2-4-14(12)18-9-11-6-5-10(8-17)7-13(11)16/h1-7H,8-9,17H2. The molecular weight excluding hydrogens is 236 g/mol. The highest BCUT2D eigenvalue weighted by atomic mass is 19.1. The molecule has 0 aromatic heterocycles. The largest absolute Gasteiger partial charge is 0.486 e. The van der Waals surface area contributed by atoms with Crippen LogP contribution in [-0.2, 0) is 13.2 Å². The van der Waals surface area contributed by atoms with E-state index in [-0.39, 0.29) is 18.9 Å². The summed E-state index contributed by atoms with van der Waals surface area (Å²) in [5, 5.41) is 0. The zero-order valence-corrected chi connectivity index (χ0v) is 9.70. The average Bonchev–Trinajstić information content (AvgIpc) is 2.39. The van der Waals surface area contributed by atoms with Gasteiger partial charge in [0, 0.05) is 12.1 Å². The number of benzene rings is 2. The quantitative estimate of drug-likeness (QED) is 0.904. The minimum atomic E-state index is -0.462. The fourth-order valence-corrected chi connectivity index (χ4v) is 1.55. The SMILES string of the molecule is NCc1ccc(COc2ccccc2F)c(F)c1. The van der Waals surface area contributed by atoms with E-state index in [4.69, 9.17) is 10.5 Å². The molecule has 4 heteroatoms. The molecule has 0 fully saturated rings. The highest BCUT2D eigenvalue weighted by molar-refractivity contribution is 5.26. The summed E-state index contributed by atoms with van der Waals surface area (Å²) in [4.78, 5) is 0. The first-order valence-electron chi connectivity index (χ1n) is 5.55. The van der Waals surface area contributed by atoms with Crippen LogP contribution in [0.3, 0.4) is 0 Å². The molecule has 0 unspecified atom stereocenters. The van der Waals surface area contributed by atoms with Crippen molar-refractivity contribution in [2.75, 3.05) is 0 Å². The third-order valence-electron chi connectivity index (χ3n) is 2.57. The van der Waals surface area contributed by atoms with Gasteiger partial charge in [-0.25, -0.2) is 8.78 Å². The van der Waals surface area contributed by atoms with Crippen molar-refractivity contribution in [3.05, 3.63) is 65.2 Å². The lowest BCUT2D eigenvalue weighted by Crippen LogP contribution is -2.02. The van der Waals surface area contributed by atoms with Crippen LogP contribution in [0.4, 0.5) is 8.78 Å². The molecule has 0 aliphatic rings. The molecular formula is C14H13F2NO. The third kappa shape index (κ3) is 2.84. The summed E-state index contributed by atoms with van der Waals surface area (Å²) < 4.78 is 32.1. The number of nitrogens with two attached hydrogens (primary N) is 1. The lowest BCUT2D eigenvalue weighted by atomic mass is 10.1. The van der Waals surface area contributed by atoms with E-state index in [1.165, 1.54) is 18.2 Å². The van der Waals surface area contributed by atoms with Crippen molar-refractivity contribution in [2.45, 2.75) is 13.2 Å². The van der Waals surface area contributed by atoms with E-state index in [1.54, 1.807) is 24.3 Å². The smallest absolute Gasteiger partial charge is 0.165 e. The maximum Gasteiger partial charge on any atom is 0.165 e. The Kier molecular flexibility index (Phi) is 3.89.